The summed E-state index contributed by atoms with van der Waals surface area (Å²) in [6.45, 7) is 5.05. The number of amides is 1. The number of hydrogen-bond donors (Lipinski definition) is 1. The van der Waals surface area contributed by atoms with Gasteiger partial charge in [-0.05, 0) is 24.6 Å². The molecule has 1 N–H and O–H groups in total. The highest BCUT2D eigenvalue weighted by Gasteiger charge is 2.38. The van der Waals surface area contributed by atoms with E-state index in [2.05, 4.69) is 11.9 Å². The minimum Gasteiger partial charge on any atom is -0.490 e. The van der Waals surface area contributed by atoms with Gasteiger partial charge in [-0.1, -0.05) is 24.8 Å². The number of ether oxygens (including phenoxy) is 1. The monoisotopic (exact) mass is 296 g/mol. The van der Waals surface area contributed by atoms with Crippen molar-refractivity contribution in [1.29, 1.82) is 0 Å². The Hall–Kier alpha value is -1.95. The summed E-state index contributed by atoms with van der Waals surface area (Å²) < 4.78 is 30.6. The van der Waals surface area contributed by atoms with Gasteiger partial charge in [0.1, 0.15) is 18.5 Å². The first-order chi connectivity index (χ1) is 10.0. The molecule has 2 rings (SSSR count). The molecular weight excluding hydrogens is 278 g/mol. The van der Waals surface area contributed by atoms with Crippen molar-refractivity contribution in [1.82, 2.24) is 10.2 Å². The number of benzene rings is 1. The van der Waals surface area contributed by atoms with E-state index in [4.69, 9.17) is 4.74 Å². The quantitative estimate of drug-likeness (QED) is 0.819. The van der Waals surface area contributed by atoms with Gasteiger partial charge in [-0.25, -0.2) is 8.78 Å². The predicted molar refractivity (Wildman–Crippen MR) is 75.2 cm³/mol. The number of hydrogen-bond acceptors (Lipinski definition) is 3. The zero-order valence-electron chi connectivity index (χ0n) is 11.8. The molecule has 114 valence electrons. The molecule has 2 unspecified atom stereocenters. The fourth-order valence-corrected chi connectivity index (χ4v) is 2.30. The molecular formula is C15H18F2N2O2. The SMILES string of the molecule is C=CCOc1ccc(C2NC(C)C(=O)N2CC(F)F)cc1. The molecule has 1 fully saturated rings. The van der Waals surface area contributed by atoms with Gasteiger partial charge in [0, 0.05) is 0 Å². The summed E-state index contributed by atoms with van der Waals surface area (Å²) in [5, 5.41) is 3.02. The van der Waals surface area contributed by atoms with E-state index in [0.29, 0.717) is 12.4 Å². The third-order valence-electron chi connectivity index (χ3n) is 3.27. The zero-order chi connectivity index (χ0) is 15.4. The second-order valence-corrected chi connectivity index (χ2v) is 4.84. The normalized spacial score (nSPS) is 21.9. The van der Waals surface area contributed by atoms with Gasteiger partial charge in [-0.15, -0.1) is 0 Å². The summed E-state index contributed by atoms with van der Waals surface area (Å²) in [6, 6.07) is 6.55. The van der Waals surface area contributed by atoms with Crippen molar-refractivity contribution in [2.45, 2.75) is 25.6 Å². The Morgan fingerprint density at radius 2 is 2.10 bits per heavy atom. The van der Waals surface area contributed by atoms with Gasteiger partial charge in [-0.3, -0.25) is 10.1 Å². The third kappa shape index (κ3) is 3.58. The van der Waals surface area contributed by atoms with Crippen LogP contribution in [0.2, 0.25) is 0 Å². The smallest absolute Gasteiger partial charge is 0.255 e. The Morgan fingerprint density at radius 1 is 1.43 bits per heavy atom. The van der Waals surface area contributed by atoms with E-state index in [-0.39, 0.29) is 5.91 Å². The molecule has 1 amide bonds. The minimum atomic E-state index is -2.56. The highest BCUT2D eigenvalue weighted by Crippen LogP contribution is 2.27. The van der Waals surface area contributed by atoms with Gasteiger partial charge < -0.3 is 9.64 Å². The molecule has 0 bridgehead atoms. The van der Waals surface area contributed by atoms with Crippen molar-refractivity contribution in [2.24, 2.45) is 0 Å². The van der Waals surface area contributed by atoms with E-state index in [1.54, 1.807) is 37.3 Å². The lowest BCUT2D eigenvalue weighted by atomic mass is 10.1. The summed E-state index contributed by atoms with van der Waals surface area (Å²) >= 11 is 0. The maximum atomic E-state index is 12.6. The van der Waals surface area contributed by atoms with Crippen LogP contribution in [-0.2, 0) is 4.79 Å². The lowest BCUT2D eigenvalue weighted by Gasteiger charge is -2.24. The van der Waals surface area contributed by atoms with Crippen LogP contribution in [0.4, 0.5) is 8.78 Å². The van der Waals surface area contributed by atoms with Crippen LogP contribution in [0.1, 0.15) is 18.7 Å². The van der Waals surface area contributed by atoms with Gasteiger partial charge in [0.05, 0.1) is 12.6 Å². The lowest BCUT2D eigenvalue weighted by Crippen LogP contribution is -2.34. The first kappa shape index (κ1) is 15.4. The van der Waals surface area contributed by atoms with Gasteiger partial charge >= 0.3 is 0 Å². The highest BCUT2D eigenvalue weighted by atomic mass is 19.3. The molecule has 4 nitrogen and oxygen atoms in total. The first-order valence-electron chi connectivity index (χ1n) is 6.71. The Bertz CT molecular complexity index is 505. The van der Waals surface area contributed by atoms with Crippen LogP contribution in [0.25, 0.3) is 0 Å². The average Bonchev–Trinajstić information content (AvgIpc) is 2.73. The Kier molecular flexibility index (Phi) is 4.90. The van der Waals surface area contributed by atoms with Crippen LogP contribution in [0, 0.1) is 0 Å². The van der Waals surface area contributed by atoms with E-state index in [1.807, 2.05) is 0 Å². The van der Waals surface area contributed by atoms with E-state index < -0.39 is 25.2 Å². The van der Waals surface area contributed by atoms with Crippen molar-refractivity contribution >= 4 is 5.91 Å². The van der Waals surface area contributed by atoms with Crippen LogP contribution in [0.15, 0.2) is 36.9 Å². The molecule has 1 aromatic carbocycles. The molecule has 6 heteroatoms. The maximum absolute atomic E-state index is 12.6. The zero-order valence-corrected chi connectivity index (χ0v) is 11.8. The molecule has 0 spiro atoms. The van der Waals surface area contributed by atoms with Crippen LogP contribution < -0.4 is 10.1 Å². The largest absolute Gasteiger partial charge is 0.490 e. The van der Waals surface area contributed by atoms with E-state index >= 15 is 0 Å². The minimum absolute atomic E-state index is 0.313. The molecule has 0 aliphatic carbocycles. The summed E-state index contributed by atoms with van der Waals surface area (Å²) in [5.41, 5.74) is 0.749. The fraction of sp³-hybridized carbons (Fsp3) is 0.400. The molecule has 21 heavy (non-hydrogen) atoms. The first-order valence-corrected chi connectivity index (χ1v) is 6.71. The predicted octanol–water partition coefficient (Wildman–Crippen LogP) is 2.34. The van der Waals surface area contributed by atoms with Crippen LogP contribution in [0.3, 0.4) is 0 Å². The molecule has 1 aliphatic rings. The van der Waals surface area contributed by atoms with Crippen LogP contribution in [-0.4, -0.2) is 36.4 Å². The number of rotatable bonds is 6. The van der Waals surface area contributed by atoms with E-state index in [1.165, 1.54) is 4.90 Å². The number of nitrogens with one attached hydrogen (secondary N) is 1. The highest BCUT2D eigenvalue weighted by molar-refractivity contribution is 5.84. The topological polar surface area (TPSA) is 41.6 Å². The Balaban J connectivity index is 2.14. The molecule has 1 aliphatic heterocycles. The number of carbonyl (C=O) groups is 1. The van der Waals surface area contributed by atoms with E-state index in [9.17, 15) is 13.6 Å². The average molecular weight is 296 g/mol. The van der Waals surface area contributed by atoms with Crippen molar-refractivity contribution in [3.05, 3.63) is 42.5 Å². The Morgan fingerprint density at radius 3 is 2.67 bits per heavy atom. The third-order valence-corrected chi connectivity index (χ3v) is 3.27. The second kappa shape index (κ2) is 6.67. The number of nitrogens with zero attached hydrogens (tertiary/aromatic N) is 1. The van der Waals surface area contributed by atoms with Crippen molar-refractivity contribution in [3.63, 3.8) is 0 Å². The van der Waals surface area contributed by atoms with Crippen LogP contribution in [0.5, 0.6) is 5.75 Å². The Labute approximate surface area is 122 Å². The summed E-state index contributed by atoms with van der Waals surface area (Å²) in [7, 11) is 0. The number of carbonyl (C=O) groups excluding carboxylic acids is 1. The summed E-state index contributed by atoms with van der Waals surface area (Å²) in [6.07, 6.45) is -1.45. The van der Waals surface area contributed by atoms with Crippen molar-refractivity contribution in [2.75, 3.05) is 13.2 Å². The molecule has 1 aromatic rings. The maximum Gasteiger partial charge on any atom is 0.255 e. The molecule has 0 aromatic heterocycles. The fourth-order valence-electron chi connectivity index (χ4n) is 2.30. The number of alkyl halides is 2. The van der Waals surface area contributed by atoms with Gasteiger partial charge in [0.2, 0.25) is 5.91 Å². The van der Waals surface area contributed by atoms with E-state index in [0.717, 1.165) is 5.56 Å². The van der Waals surface area contributed by atoms with Crippen LogP contribution >= 0.6 is 0 Å². The molecule has 0 saturated carbocycles. The molecule has 0 radical (unpaired) electrons. The summed E-state index contributed by atoms with van der Waals surface area (Å²) in [5.74, 6) is 0.351. The van der Waals surface area contributed by atoms with Crippen molar-refractivity contribution in [3.8, 4) is 5.75 Å². The molecule has 1 heterocycles. The molecule has 2 atom stereocenters. The standard InChI is InChI=1S/C15H18F2N2O2/c1-3-8-21-12-6-4-11(5-7-12)14-18-10(2)15(20)19(14)9-13(16)17/h3-7,10,13-14,18H,1,8-9H2,2H3. The molecule has 1 saturated heterocycles. The second-order valence-electron chi connectivity index (χ2n) is 4.84. The summed E-state index contributed by atoms with van der Waals surface area (Å²) in [4.78, 5) is 13.1. The lowest BCUT2D eigenvalue weighted by molar-refractivity contribution is -0.131. The number of halogens is 2. The van der Waals surface area contributed by atoms with Gasteiger partial charge in [-0.2, -0.15) is 0 Å². The van der Waals surface area contributed by atoms with Crippen molar-refractivity contribution < 1.29 is 18.3 Å². The van der Waals surface area contributed by atoms with Gasteiger partial charge in [0.25, 0.3) is 6.43 Å². The van der Waals surface area contributed by atoms with Gasteiger partial charge in [0.15, 0.2) is 0 Å².